The van der Waals surface area contributed by atoms with Crippen molar-refractivity contribution in [2.45, 2.75) is 26.7 Å². The van der Waals surface area contributed by atoms with Gasteiger partial charge in [-0.25, -0.2) is 4.98 Å². The van der Waals surface area contributed by atoms with Gasteiger partial charge in [0.2, 0.25) is 5.91 Å². The number of anilines is 1. The summed E-state index contributed by atoms with van der Waals surface area (Å²) in [5.41, 5.74) is 0.869. The molecule has 1 aromatic rings. The lowest BCUT2D eigenvalue weighted by atomic mass is 10.2. The van der Waals surface area contributed by atoms with Gasteiger partial charge in [-0.2, -0.15) is 0 Å². The summed E-state index contributed by atoms with van der Waals surface area (Å²) in [4.78, 5) is 15.4. The number of aromatic nitrogens is 1. The molecule has 14 heavy (non-hydrogen) atoms. The predicted molar refractivity (Wildman–Crippen MR) is 59.8 cm³/mol. The van der Waals surface area contributed by atoms with Crippen LogP contribution in [-0.4, -0.2) is 10.9 Å². The first kappa shape index (κ1) is 10.9. The number of carbonyl (C=O) groups is 1. The maximum atomic E-state index is 11.1. The van der Waals surface area contributed by atoms with Crippen molar-refractivity contribution >= 4 is 22.2 Å². The summed E-state index contributed by atoms with van der Waals surface area (Å²) in [5.74, 6) is 0.208. The summed E-state index contributed by atoms with van der Waals surface area (Å²) in [6, 6.07) is 0. The minimum absolute atomic E-state index is 0.188. The van der Waals surface area contributed by atoms with Crippen LogP contribution < -0.4 is 5.32 Å². The molecular formula is C10H14N2OS. The van der Waals surface area contributed by atoms with Gasteiger partial charge in [-0.15, -0.1) is 11.3 Å². The third kappa shape index (κ3) is 2.42. The Bertz CT molecular complexity index is 355. The smallest absolute Gasteiger partial charge is 0.248 e. The Balaban J connectivity index is 2.87. The van der Waals surface area contributed by atoms with Crippen molar-refractivity contribution in [2.24, 2.45) is 0 Å². The van der Waals surface area contributed by atoms with Gasteiger partial charge in [0.15, 0.2) is 0 Å². The van der Waals surface area contributed by atoms with E-state index in [2.05, 4.69) is 30.7 Å². The largest absolute Gasteiger partial charge is 0.313 e. The van der Waals surface area contributed by atoms with Gasteiger partial charge in [0.05, 0.1) is 10.7 Å². The highest BCUT2D eigenvalue weighted by molar-refractivity contribution is 7.16. The van der Waals surface area contributed by atoms with Crippen LogP contribution in [0.2, 0.25) is 0 Å². The number of amides is 1. The summed E-state index contributed by atoms with van der Waals surface area (Å²) in [6.07, 6.45) is 1.26. The molecule has 1 rings (SSSR count). The molecule has 0 atom stereocenters. The van der Waals surface area contributed by atoms with E-state index in [-0.39, 0.29) is 5.91 Å². The quantitative estimate of drug-likeness (QED) is 0.779. The molecule has 0 aliphatic heterocycles. The summed E-state index contributed by atoms with van der Waals surface area (Å²) in [6.45, 7) is 9.45. The average Bonchev–Trinajstić information content (AvgIpc) is 2.48. The lowest BCUT2D eigenvalue weighted by Gasteiger charge is -1.97. The van der Waals surface area contributed by atoms with Gasteiger partial charge in [-0.1, -0.05) is 20.4 Å². The SMILES string of the molecule is C=CC(=O)Nc1sc(C(C)C)nc1C. The molecule has 0 saturated heterocycles. The van der Waals surface area contributed by atoms with E-state index in [1.807, 2.05) is 6.92 Å². The third-order valence-electron chi connectivity index (χ3n) is 1.73. The summed E-state index contributed by atoms with van der Waals surface area (Å²) >= 11 is 1.52. The van der Waals surface area contributed by atoms with E-state index in [1.165, 1.54) is 17.4 Å². The van der Waals surface area contributed by atoms with Gasteiger partial charge < -0.3 is 5.32 Å². The molecule has 3 nitrogen and oxygen atoms in total. The lowest BCUT2D eigenvalue weighted by molar-refractivity contribution is -0.111. The third-order valence-corrected chi connectivity index (χ3v) is 3.10. The van der Waals surface area contributed by atoms with Gasteiger partial charge in [0, 0.05) is 5.92 Å². The van der Waals surface area contributed by atoms with Crippen LogP contribution in [0.3, 0.4) is 0 Å². The highest BCUT2D eigenvalue weighted by Crippen LogP contribution is 2.28. The van der Waals surface area contributed by atoms with E-state index in [0.29, 0.717) is 5.92 Å². The monoisotopic (exact) mass is 210 g/mol. The number of nitrogens with zero attached hydrogens (tertiary/aromatic N) is 1. The number of hydrogen-bond donors (Lipinski definition) is 1. The average molecular weight is 210 g/mol. The molecule has 0 radical (unpaired) electrons. The van der Waals surface area contributed by atoms with Crippen LogP contribution >= 0.6 is 11.3 Å². The minimum atomic E-state index is -0.188. The molecule has 1 aromatic heterocycles. The fraction of sp³-hybridized carbons (Fsp3) is 0.400. The normalized spacial score (nSPS) is 10.3. The van der Waals surface area contributed by atoms with Gasteiger partial charge in [0.1, 0.15) is 5.00 Å². The van der Waals surface area contributed by atoms with Crippen LogP contribution in [0.15, 0.2) is 12.7 Å². The second kappa shape index (κ2) is 4.37. The van der Waals surface area contributed by atoms with Crippen molar-refractivity contribution in [1.82, 2.24) is 4.98 Å². The summed E-state index contributed by atoms with van der Waals surface area (Å²) < 4.78 is 0. The molecule has 0 saturated carbocycles. The summed E-state index contributed by atoms with van der Waals surface area (Å²) in [7, 11) is 0. The molecule has 4 heteroatoms. The highest BCUT2D eigenvalue weighted by Gasteiger charge is 2.11. The first-order chi connectivity index (χ1) is 6.54. The van der Waals surface area contributed by atoms with Crippen molar-refractivity contribution in [2.75, 3.05) is 5.32 Å². The maximum Gasteiger partial charge on any atom is 0.248 e. The number of rotatable bonds is 3. The van der Waals surface area contributed by atoms with E-state index in [0.717, 1.165) is 15.7 Å². The minimum Gasteiger partial charge on any atom is -0.313 e. The van der Waals surface area contributed by atoms with Gasteiger partial charge in [-0.3, -0.25) is 4.79 Å². The van der Waals surface area contributed by atoms with E-state index >= 15 is 0 Å². The topological polar surface area (TPSA) is 42.0 Å². The Labute approximate surface area is 87.9 Å². The molecule has 1 amide bonds. The van der Waals surface area contributed by atoms with Crippen molar-refractivity contribution in [1.29, 1.82) is 0 Å². The molecule has 0 unspecified atom stereocenters. The van der Waals surface area contributed by atoms with Crippen LogP contribution in [0.1, 0.15) is 30.5 Å². The first-order valence-electron chi connectivity index (χ1n) is 4.45. The van der Waals surface area contributed by atoms with Crippen LogP contribution in [0.4, 0.5) is 5.00 Å². The second-order valence-electron chi connectivity index (χ2n) is 3.31. The predicted octanol–water partition coefficient (Wildman–Crippen LogP) is 2.70. The van der Waals surface area contributed by atoms with Crippen molar-refractivity contribution in [3.8, 4) is 0 Å². The van der Waals surface area contributed by atoms with Gasteiger partial charge in [0.25, 0.3) is 0 Å². The first-order valence-corrected chi connectivity index (χ1v) is 5.27. The Morgan fingerprint density at radius 3 is 2.71 bits per heavy atom. The molecular weight excluding hydrogens is 196 g/mol. The number of carbonyl (C=O) groups excluding carboxylic acids is 1. The maximum absolute atomic E-state index is 11.1. The standard InChI is InChI=1S/C10H14N2OS/c1-5-8(13)12-10-7(4)11-9(14-10)6(2)3/h5-6H,1H2,2-4H3,(H,12,13). The number of thiazole rings is 1. The van der Waals surface area contributed by atoms with Crippen molar-refractivity contribution in [3.63, 3.8) is 0 Å². The lowest BCUT2D eigenvalue weighted by Crippen LogP contribution is -2.06. The summed E-state index contributed by atoms with van der Waals surface area (Å²) in [5, 5.41) is 4.60. The number of aryl methyl sites for hydroxylation is 1. The van der Waals surface area contributed by atoms with E-state index < -0.39 is 0 Å². The fourth-order valence-electron chi connectivity index (χ4n) is 0.943. The second-order valence-corrected chi connectivity index (χ2v) is 4.35. The molecule has 0 aromatic carbocycles. The molecule has 0 spiro atoms. The van der Waals surface area contributed by atoms with Crippen molar-refractivity contribution < 1.29 is 4.79 Å². The van der Waals surface area contributed by atoms with Gasteiger partial charge >= 0.3 is 0 Å². The zero-order valence-corrected chi connectivity index (χ0v) is 9.44. The highest BCUT2D eigenvalue weighted by atomic mass is 32.1. The molecule has 0 aliphatic carbocycles. The van der Waals surface area contributed by atoms with Crippen LogP contribution in [-0.2, 0) is 4.79 Å². The Morgan fingerprint density at radius 2 is 2.29 bits per heavy atom. The Morgan fingerprint density at radius 1 is 1.64 bits per heavy atom. The van der Waals surface area contributed by atoms with Gasteiger partial charge in [-0.05, 0) is 13.0 Å². The molecule has 0 aliphatic rings. The molecule has 1 N–H and O–H groups in total. The van der Waals surface area contributed by atoms with Crippen molar-refractivity contribution in [3.05, 3.63) is 23.4 Å². The van der Waals surface area contributed by atoms with E-state index in [1.54, 1.807) is 0 Å². The van der Waals surface area contributed by atoms with Crippen LogP contribution in [0.5, 0.6) is 0 Å². The Hall–Kier alpha value is -1.16. The van der Waals surface area contributed by atoms with E-state index in [4.69, 9.17) is 0 Å². The number of nitrogens with one attached hydrogen (secondary N) is 1. The Kier molecular flexibility index (Phi) is 3.41. The zero-order valence-electron chi connectivity index (χ0n) is 8.63. The zero-order chi connectivity index (χ0) is 10.7. The molecule has 76 valence electrons. The molecule has 0 fully saturated rings. The van der Waals surface area contributed by atoms with Crippen LogP contribution in [0, 0.1) is 6.92 Å². The van der Waals surface area contributed by atoms with Crippen LogP contribution in [0.25, 0.3) is 0 Å². The molecule has 1 heterocycles. The number of hydrogen-bond acceptors (Lipinski definition) is 3. The molecule has 0 bridgehead atoms. The fourth-order valence-corrected chi connectivity index (χ4v) is 1.92. The van der Waals surface area contributed by atoms with E-state index in [9.17, 15) is 4.79 Å².